The molecule has 0 spiro atoms. The lowest BCUT2D eigenvalue weighted by molar-refractivity contribution is -0.166. The lowest BCUT2D eigenvalue weighted by atomic mass is 9.88. The van der Waals surface area contributed by atoms with Crippen LogP contribution < -0.4 is 0 Å². The summed E-state index contributed by atoms with van der Waals surface area (Å²) in [4.78, 5) is 12.6. The molecule has 0 aliphatic rings. The van der Waals surface area contributed by atoms with Gasteiger partial charge in [0.05, 0.1) is 0 Å². The number of carbonyl (C=O) groups excluding carboxylic acids is 1. The first-order chi connectivity index (χ1) is 7.14. The van der Waals surface area contributed by atoms with E-state index in [4.69, 9.17) is 11.6 Å². The van der Waals surface area contributed by atoms with Gasteiger partial charge in [0, 0.05) is 17.8 Å². The Kier molecular flexibility index (Phi) is 5.59. The fourth-order valence-corrected chi connectivity index (χ4v) is 1.35. The predicted molar refractivity (Wildman–Crippen MR) is 57.4 cm³/mol. The largest absolute Gasteiger partial charge is 0.406 e. The van der Waals surface area contributed by atoms with Crippen LogP contribution in [0.5, 0.6) is 0 Å². The molecule has 0 fully saturated rings. The Labute approximate surface area is 98.7 Å². The van der Waals surface area contributed by atoms with E-state index in [0.29, 0.717) is 6.42 Å². The van der Waals surface area contributed by atoms with Crippen LogP contribution in [0.2, 0.25) is 0 Å². The van der Waals surface area contributed by atoms with E-state index in [1.54, 1.807) is 20.8 Å². The van der Waals surface area contributed by atoms with Crippen molar-refractivity contribution in [2.75, 3.05) is 19.0 Å². The highest BCUT2D eigenvalue weighted by molar-refractivity contribution is 6.18. The Hall–Kier alpha value is -0.450. The van der Waals surface area contributed by atoms with Gasteiger partial charge in [-0.1, -0.05) is 20.8 Å². The molecule has 2 nitrogen and oxygen atoms in total. The summed E-state index contributed by atoms with van der Waals surface area (Å²) in [6.07, 6.45) is -3.89. The average Bonchev–Trinajstić information content (AvgIpc) is 2.14. The lowest BCUT2D eigenvalue weighted by Gasteiger charge is -2.31. The van der Waals surface area contributed by atoms with Crippen molar-refractivity contribution in [3.05, 3.63) is 0 Å². The molecule has 0 radical (unpaired) electrons. The Balaban J connectivity index is 4.72. The summed E-state index contributed by atoms with van der Waals surface area (Å²) in [6, 6.07) is 0. The normalized spacial score (nSPS) is 12.7. The van der Waals surface area contributed by atoms with Crippen LogP contribution >= 0.6 is 11.6 Å². The van der Waals surface area contributed by atoms with Crippen LogP contribution in [-0.4, -0.2) is 36.0 Å². The second-order valence-electron chi connectivity index (χ2n) is 4.27. The third-order valence-electron chi connectivity index (χ3n) is 2.47. The van der Waals surface area contributed by atoms with Gasteiger partial charge in [-0.15, -0.1) is 11.6 Å². The third-order valence-corrected chi connectivity index (χ3v) is 2.64. The van der Waals surface area contributed by atoms with Crippen molar-refractivity contribution >= 4 is 17.5 Å². The standard InChI is InChI=1S/C10H17ClF3NO/c1-4-9(2,3)8(16)15(6-5-11)7-10(12,13)14/h4-7H2,1-3H3. The predicted octanol–water partition coefficient (Wildman–Crippen LogP) is 3.05. The molecule has 0 rings (SSSR count). The second kappa shape index (κ2) is 5.75. The monoisotopic (exact) mass is 259 g/mol. The molecule has 0 aromatic heterocycles. The van der Waals surface area contributed by atoms with Gasteiger partial charge < -0.3 is 4.90 Å². The number of nitrogens with zero attached hydrogens (tertiary/aromatic N) is 1. The van der Waals surface area contributed by atoms with Crippen molar-refractivity contribution in [3.8, 4) is 0 Å². The lowest BCUT2D eigenvalue weighted by Crippen LogP contribution is -2.46. The molecule has 0 atom stereocenters. The number of hydrogen-bond acceptors (Lipinski definition) is 1. The number of alkyl halides is 4. The minimum absolute atomic E-state index is 0.00160. The zero-order valence-corrected chi connectivity index (χ0v) is 10.5. The molecule has 16 heavy (non-hydrogen) atoms. The Morgan fingerprint density at radius 2 is 1.81 bits per heavy atom. The van der Waals surface area contributed by atoms with E-state index in [9.17, 15) is 18.0 Å². The molecule has 6 heteroatoms. The summed E-state index contributed by atoms with van der Waals surface area (Å²) in [5.74, 6) is -0.505. The summed E-state index contributed by atoms with van der Waals surface area (Å²) in [5, 5.41) is 0. The number of halogens is 4. The van der Waals surface area contributed by atoms with Gasteiger partial charge in [0.25, 0.3) is 0 Å². The Morgan fingerprint density at radius 3 is 2.12 bits per heavy atom. The molecule has 0 saturated heterocycles. The van der Waals surface area contributed by atoms with E-state index >= 15 is 0 Å². The average molecular weight is 260 g/mol. The minimum atomic E-state index is -4.38. The molecule has 0 aromatic rings. The molecule has 0 aromatic carbocycles. The van der Waals surface area contributed by atoms with Gasteiger partial charge in [0.15, 0.2) is 0 Å². The first-order valence-corrected chi connectivity index (χ1v) is 5.59. The summed E-state index contributed by atoms with van der Waals surface area (Å²) >= 11 is 5.40. The topological polar surface area (TPSA) is 20.3 Å². The molecular formula is C10H17ClF3NO. The Morgan fingerprint density at radius 1 is 1.31 bits per heavy atom. The van der Waals surface area contributed by atoms with Crippen molar-refractivity contribution in [1.29, 1.82) is 0 Å². The zero-order chi connectivity index (χ0) is 13.0. The van der Waals surface area contributed by atoms with Crippen molar-refractivity contribution in [3.63, 3.8) is 0 Å². The van der Waals surface area contributed by atoms with Crippen molar-refractivity contribution in [2.24, 2.45) is 5.41 Å². The van der Waals surface area contributed by atoms with Crippen LogP contribution in [-0.2, 0) is 4.79 Å². The SMILES string of the molecule is CCC(C)(C)C(=O)N(CCCl)CC(F)(F)F. The first-order valence-electron chi connectivity index (χ1n) is 5.06. The summed E-state index contributed by atoms with van der Waals surface area (Å²) in [7, 11) is 0. The third kappa shape index (κ3) is 5.05. The van der Waals surface area contributed by atoms with Crippen molar-refractivity contribution < 1.29 is 18.0 Å². The number of carbonyl (C=O) groups is 1. The van der Waals surface area contributed by atoms with Gasteiger partial charge in [-0.3, -0.25) is 4.79 Å². The van der Waals surface area contributed by atoms with E-state index < -0.39 is 24.0 Å². The van der Waals surface area contributed by atoms with E-state index in [-0.39, 0.29) is 12.4 Å². The van der Waals surface area contributed by atoms with E-state index in [2.05, 4.69) is 0 Å². The summed E-state index contributed by atoms with van der Waals surface area (Å²) in [5.41, 5.74) is -0.780. The minimum Gasteiger partial charge on any atom is -0.332 e. The van der Waals surface area contributed by atoms with Gasteiger partial charge >= 0.3 is 6.18 Å². The highest BCUT2D eigenvalue weighted by atomic mass is 35.5. The van der Waals surface area contributed by atoms with Gasteiger partial charge in [0.2, 0.25) is 5.91 Å². The molecule has 0 bridgehead atoms. The van der Waals surface area contributed by atoms with Gasteiger partial charge in [-0.05, 0) is 6.42 Å². The van der Waals surface area contributed by atoms with E-state index in [0.717, 1.165) is 4.90 Å². The zero-order valence-electron chi connectivity index (χ0n) is 9.70. The highest BCUT2D eigenvalue weighted by Gasteiger charge is 2.37. The molecule has 0 aliphatic heterocycles. The smallest absolute Gasteiger partial charge is 0.332 e. The van der Waals surface area contributed by atoms with Crippen LogP contribution in [0.3, 0.4) is 0 Å². The maximum Gasteiger partial charge on any atom is 0.406 e. The van der Waals surface area contributed by atoms with Crippen molar-refractivity contribution in [2.45, 2.75) is 33.4 Å². The van der Waals surface area contributed by atoms with Crippen LogP contribution in [0.4, 0.5) is 13.2 Å². The summed E-state index contributed by atoms with van der Waals surface area (Å²) in [6.45, 7) is 3.72. The molecule has 0 heterocycles. The molecule has 0 aliphatic carbocycles. The maximum atomic E-state index is 12.2. The van der Waals surface area contributed by atoms with Crippen LogP contribution in [0.1, 0.15) is 27.2 Å². The maximum absolute atomic E-state index is 12.2. The molecule has 96 valence electrons. The number of hydrogen-bond donors (Lipinski definition) is 0. The fraction of sp³-hybridized carbons (Fsp3) is 0.900. The molecule has 0 N–H and O–H groups in total. The quantitative estimate of drug-likeness (QED) is 0.695. The Bertz CT molecular complexity index is 241. The van der Waals surface area contributed by atoms with Crippen molar-refractivity contribution in [1.82, 2.24) is 4.90 Å². The fourth-order valence-electron chi connectivity index (χ4n) is 1.15. The van der Waals surface area contributed by atoms with Gasteiger partial charge in [-0.2, -0.15) is 13.2 Å². The molecule has 0 saturated carbocycles. The summed E-state index contributed by atoms with van der Waals surface area (Å²) < 4.78 is 36.7. The van der Waals surface area contributed by atoms with Gasteiger partial charge in [-0.25, -0.2) is 0 Å². The van der Waals surface area contributed by atoms with Crippen LogP contribution in [0, 0.1) is 5.41 Å². The molecule has 1 amide bonds. The highest BCUT2D eigenvalue weighted by Crippen LogP contribution is 2.25. The number of amides is 1. The molecular weight excluding hydrogens is 243 g/mol. The van der Waals surface area contributed by atoms with E-state index in [1.807, 2.05) is 0 Å². The number of rotatable bonds is 5. The first kappa shape index (κ1) is 15.6. The van der Waals surface area contributed by atoms with Crippen LogP contribution in [0.15, 0.2) is 0 Å². The van der Waals surface area contributed by atoms with E-state index in [1.165, 1.54) is 0 Å². The molecule has 0 unspecified atom stereocenters. The van der Waals surface area contributed by atoms with Gasteiger partial charge in [0.1, 0.15) is 6.54 Å². The van der Waals surface area contributed by atoms with Crippen LogP contribution in [0.25, 0.3) is 0 Å². The second-order valence-corrected chi connectivity index (χ2v) is 4.65.